The van der Waals surface area contributed by atoms with E-state index in [1.807, 2.05) is 36.4 Å². The van der Waals surface area contributed by atoms with E-state index in [2.05, 4.69) is 26.6 Å². The van der Waals surface area contributed by atoms with Crippen LogP contribution in [0, 0.1) is 0 Å². The molecule has 32 heavy (non-hydrogen) atoms. The monoisotopic (exact) mass is 492 g/mol. The number of amides is 2. The summed E-state index contributed by atoms with van der Waals surface area (Å²) in [6.07, 6.45) is 2.30. The molecule has 0 saturated carbocycles. The lowest BCUT2D eigenvalue weighted by Gasteiger charge is -2.12. The molecule has 0 fully saturated rings. The van der Waals surface area contributed by atoms with Gasteiger partial charge in [0.15, 0.2) is 11.5 Å². The SMILES string of the molecule is O=C(NCCc1ccccc1)/C(=C/c1ccc2c(c1)OCO2)NC(=O)c1cccc(Br)c1. The average molecular weight is 493 g/mol. The fraction of sp³-hybridized carbons (Fsp3) is 0.120. The van der Waals surface area contributed by atoms with Gasteiger partial charge in [-0.1, -0.05) is 58.4 Å². The Morgan fingerprint density at radius 3 is 2.56 bits per heavy atom. The van der Waals surface area contributed by atoms with Crippen molar-refractivity contribution in [3.63, 3.8) is 0 Å². The second-order valence-corrected chi connectivity index (χ2v) is 8.04. The number of halogens is 1. The van der Waals surface area contributed by atoms with Crippen LogP contribution in [0.1, 0.15) is 21.5 Å². The zero-order valence-corrected chi connectivity index (χ0v) is 18.7. The number of benzene rings is 3. The molecule has 2 amide bonds. The van der Waals surface area contributed by atoms with E-state index in [1.54, 1.807) is 42.5 Å². The van der Waals surface area contributed by atoms with Crippen LogP contribution >= 0.6 is 15.9 Å². The van der Waals surface area contributed by atoms with Crippen molar-refractivity contribution >= 4 is 33.8 Å². The lowest BCUT2D eigenvalue weighted by atomic mass is 10.1. The van der Waals surface area contributed by atoms with Crippen LogP contribution in [0.5, 0.6) is 11.5 Å². The highest BCUT2D eigenvalue weighted by atomic mass is 79.9. The summed E-state index contributed by atoms with van der Waals surface area (Å²) in [6, 6.07) is 22.2. The normalized spacial score (nSPS) is 12.3. The van der Waals surface area contributed by atoms with Crippen LogP contribution in [0.25, 0.3) is 6.08 Å². The van der Waals surface area contributed by atoms with Gasteiger partial charge < -0.3 is 20.1 Å². The summed E-state index contributed by atoms with van der Waals surface area (Å²) in [4.78, 5) is 25.7. The maximum absolute atomic E-state index is 12.9. The molecule has 0 spiro atoms. The molecule has 2 N–H and O–H groups in total. The predicted octanol–water partition coefficient (Wildman–Crippen LogP) is 4.31. The van der Waals surface area contributed by atoms with Crippen LogP contribution in [-0.4, -0.2) is 25.2 Å². The Kier molecular flexibility index (Phi) is 6.87. The van der Waals surface area contributed by atoms with Crippen LogP contribution < -0.4 is 20.1 Å². The summed E-state index contributed by atoms with van der Waals surface area (Å²) in [7, 11) is 0. The standard InChI is InChI=1S/C25H21BrN2O4/c26-20-8-4-7-19(15-20)24(29)28-21(13-18-9-10-22-23(14-18)32-16-31-22)25(30)27-12-11-17-5-2-1-3-6-17/h1-10,13-15H,11-12,16H2,(H,27,30)(H,28,29)/b21-13-. The number of ether oxygens (including phenoxy) is 2. The first kappa shape index (κ1) is 21.6. The van der Waals surface area contributed by atoms with E-state index in [1.165, 1.54) is 0 Å². The van der Waals surface area contributed by atoms with Crippen molar-refractivity contribution in [2.24, 2.45) is 0 Å². The first-order valence-electron chi connectivity index (χ1n) is 10.1. The van der Waals surface area contributed by atoms with Crippen molar-refractivity contribution in [2.45, 2.75) is 6.42 Å². The smallest absolute Gasteiger partial charge is 0.267 e. The Morgan fingerprint density at radius 1 is 0.938 bits per heavy atom. The number of hydrogen-bond donors (Lipinski definition) is 2. The van der Waals surface area contributed by atoms with Crippen molar-refractivity contribution in [2.75, 3.05) is 13.3 Å². The zero-order chi connectivity index (χ0) is 22.3. The third-order valence-corrected chi connectivity index (χ3v) is 5.32. The molecule has 7 heteroatoms. The molecule has 0 radical (unpaired) electrons. The Labute approximate surface area is 194 Å². The minimum Gasteiger partial charge on any atom is -0.454 e. The van der Waals surface area contributed by atoms with Gasteiger partial charge >= 0.3 is 0 Å². The van der Waals surface area contributed by atoms with Gasteiger partial charge in [0.25, 0.3) is 11.8 Å². The van der Waals surface area contributed by atoms with Crippen LogP contribution in [0.4, 0.5) is 0 Å². The maximum Gasteiger partial charge on any atom is 0.267 e. The first-order valence-corrected chi connectivity index (χ1v) is 10.9. The molecule has 3 aromatic carbocycles. The Hall–Kier alpha value is -3.58. The minimum absolute atomic E-state index is 0.141. The second kappa shape index (κ2) is 10.2. The summed E-state index contributed by atoms with van der Waals surface area (Å²) in [5, 5.41) is 5.63. The number of rotatable bonds is 7. The molecule has 0 unspecified atom stereocenters. The highest BCUT2D eigenvalue weighted by Gasteiger charge is 2.17. The van der Waals surface area contributed by atoms with Crippen molar-refractivity contribution in [1.82, 2.24) is 10.6 Å². The number of fused-ring (bicyclic) bond motifs is 1. The van der Waals surface area contributed by atoms with E-state index in [0.29, 0.717) is 35.6 Å². The van der Waals surface area contributed by atoms with E-state index in [-0.39, 0.29) is 24.3 Å². The van der Waals surface area contributed by atoms with Gasteiger partial charge in [-0.2, -0.15) is 0 Å². The summed E-state index contributed by atoms with van der Waals surface area (Å²) in [5.41, 5.74) is 2.40. The lowest BCUT2D eigenvalue weighted by Crippen LogP contribution is -2.35. The summed E-state index contributed by atoms with van der Waals surface area (Å²) < 4.78 is 11.5. The molecular formula is C25H21BrN2O4. The van der Waals surface area contributed by atoms with Gasteiger partial charge in [-0.15, -0.1) is 0 Å². The molecule has 6 nitrogen and oxygen atoms in total. The van der Waals surface area contributed by atoms with Gasteiger partial charge in [0.2, 0.25) is 6.79 Å². The van der Waals surface area contributed by atoms with Crippen molar-refractivity contribution in [3.05, 3.63) is 99.7 Å². The topological polar surface area (TPSA) is 76.7 Å². The quantitative estimate of drug-likeness (QED) is 0.481. The maximum atomic E-state index is 12.9. The number of hydrogen-bond acceptors (Lipinski definition) is 4. The molecule has 0 aliphatic carbocycles. The lowest BCUT2D eigenvalue weighted by molar-refractivity contribution is -0.117. The molecule has 0 saturated heterocycles. The van der Waals surface area contributed by atoms with Crippen LogP contribution in [0.15, 0.2) is 83.0 Å². The van der Waals surface area contributed by atoms with Crippen molar-refractivity contribution in [3.8, 4) is 11.5 Å². The molecule has 0 aromatic heterocycles. The second-order valence-electron chi connectivity index (χ2n) is 7.13. The summed E-state index contributed by atoms with van der Waals surface area (Å²) >= 11 is 3.36. The van der Waals surface area contributed by atoms with Gasteiger partial charge in [0.1, 0.15) is 5.70 Å². The molecule has 162 valence electrons. The van der Waals surface area contributed by atoms with Gasteiger partial charge in [0, 0.05) is 16.6 Å². The van der Waals surface area contributed by atoms with Crippen LogP contribution in [0.3, 0.4) is 0 Å². The third-order valence-electron chi connectivity index (χ3n) is 4.83. The van der Waals surface area contributed by atoms with Gasteiger partial charge in [0.05, 0.1) is 0 Å². The minimum atomic E-state index is -0.378. The van der Waals surface area contributed by atoms with Crippen molar-refractivity contribution in [1.29, 1.82) is 0 Å². The van der Waals surface area contributed by atoms with E-state index < -0.39 is 0 Å². The molecule has 1 heterocycles. The molecular weight excluding hydrogens is 472 g/mol. The molecule has 1 aliphatic rings. The Bertz CT molecular complexity index is 1160. The third kappa shape index (κ3) is 5.56. The van der Waals surface area contributed by atoms with E-state index >= 15 is 0 Å². The number of nitrogens with one attached hydrogen (secondary N) is 2. The number of carbonyl (C=O) groups excluding carboxylic acids is 2. The van der Waals surface area contributed by atoms with Gasteiger partial charge in [-0.05, 0) is 54.0 Å². The van der Waals surface area contributed by atoms with Gasteiger partial charge in [-0.25, -0.2) is 0 Å². The first-order chi connectivity index (χ1) is 15.6. The fourth-order valence-corrected chi connectivity index (χ4v) is 3.61. The van der Waals surface area contributed by atoms with Crippen LogP contribution in [-0.2, 0) is 11.2 Å². The summed E-state index contributed by atoms with van der Waals surface area (Å²) in [5.74, 6) is 0.494. The molecule has 1 aliphatic heterocycles. The Morgan fingerprint density at radius 2 is 1.75 bits per heavy atom. The highest BCUT2D eigenvalue weighted by molar-refractivity contribution is 9.10. The van der Waals surface area contributed by atoms with Crippen LogP contribution in [0.2, 0.25) is 0 Å². The van der Waals surface area contributed by atoms with Crippen molar-refractivity contribution < 1.29 is 19.1 Å². The van der Waals surface area contributed by atoms with E-state index in [9.17, 15) is 9.59 Å². The summed E-state index contributed by atoms with van der Waals surface area (Å²) in [6.45, 7) is 0.600. The molecule has 4 rings (SSSR count). The molecule has 0 atom stereocenters. The molecule has 3 aromatic rings. The highest BCUT2D eigenvalue weighted by Crippen LogP contribution is 2.33. The van der Waals surface area contributed by atoms with E-state index in [0.717, 1.165) is 10.0 Å². The fourth-order valence-electron chi connectivity index (χ4n) is 3.21. The predicted molar refractivity (Wildman–Crippen MR) is 125 cm³/mol. The van der Waals surface area contributed by atoms with E-state index in [4.69, 9.17) is 9.47 Å². The largest absolute Gasteiger partial charge is 0.454 e. The van der Waals surface area contributed by atoms with Gasteiger partial charge in [-0.3, -0.25) is 9.59 Å². The zero-order valence-electron chi connectivity index (χ0n) is 17.1. The number of carbonyl (C=O) groups is 2. The molecule has 0 bridgehead atoms. The Balaban J connectivity index is 1.52. The average Bonchev–Trinajstić information content (AvgIpc) is 3.27.